The highest BCUT2D eigenvalue weighted by Gasteiger charge is 2.19. The zero-order valence-corrected chi connectivity index (χ0v) is 16.9. The molecule has 0 saturated heterocycles. The van der Waals surface area contributed by atoms with Crippen molar-refractivity contribution >= 4 is 16.9 Å². The summed E-state index contributed by atoms with van der Waals surface area (Å²) in [6.07, 6.45) is -0.107. The summed E-state index contributed by atoms with van der Waals surface area (Å²) in [6.45, 7) is 2.26. The Labute approximate surface area is 172 Å². The highest BCUT2D eigenvalue weighted by Crippen LogP contribution is 2.34. The summed E-state index contributed by atoms with van der Waals surface area (Å²) in [4.78, 5) is 25.0. The van der Waals surface area contributed by atoms with E-state index in [1.165, 1.54) is 14.2 Å². The van der Waals surface area contributed by atoms with E-state index in [0.29, 0.717) is 46.1 Å². The van der Waals surface area contributed by atoms with E-state index in [2.05, 4.69) is 5.32 Å². The molecule has 8 heteroatoms. The molecule has 0 bridgehead atoms. The predicted molar refractivity (Wildman–Crippen MR) is 108 cm³/mol. The van der Waals surface area contributed by atoms with Gasteiger partial charge >= 0.3 is 5.63 Å². The summed E-state index contributed by atoms with van der Waals surface area (Å²) in [5.41, 5.74) is 1.57. The lowest BCUT2D eigenvalue weighted by Crippen LogP contribution is -2.27. The van der Waals surface area contributed by atoms with Gasteiger partial charge < -0.3 is 28.7 Å². The Morgan fingerprint density at radius 1 is 1.10 bits per heavy atom. The lowest BCUT2D eigenvalue weighted by molar-refractivity contribution is -0.120. The highest BCUT2D eigenvalue weighted by atomic mass is 16.7. The quantitative estimate of drug-likeness (QED) is 0.623. The van der Waals surface area contributed by atoms with Gasteiger partial charge in [-0.25, -0.2) is 4.79 Å². The third kappa shape index (κ3) is 3.63. The Bertz CT molecular complexity index is 1180. The van der Waals surface area contributed by atoms with Gasteiger partial charge in [0.15, 0.2) is 11.5 Å². The van der Waals surface area contributed by atoms with Crippen LogP contribution in [0.1, 0.15) is 16.7 Å². The zero-order chi connectivity index (χ0) is 21.3. The smallest absolute Gasteiger partial charge is 0.340 e. The Kier molecular flexibility index (Phi) is 5.22. The van der Waals surface area contributed by atoms with Gasteiger partial charge in [0.1, 0.15) is 17.1 Å². The van der Waals surface area contributed by atoms with E-state index >= 15 is 0 Å². The molecule has 156 valence electrons. The van der Waals surface area contributed by atoms with Crippen LogP contribution in [0.25, 0.3) is 11.0 Å². The zero-order valence-electron chi connectivity index (χ0n) is 16.9. The van der Waals surface area contributed by atoms with Crippen molar-refractivity contribution in [1.82, 2.24) is 5.32 Å². The van der Waals surface area contributed by atoms with E-state index in [1.54, 1.807) is 25.1 Å². The van der Waals surface area contributed by atoms with Crippen molar-refractivity contribution in [2.24, 2.45) is 0 Å². The van der Waals surface area contributed by atoms with Gasteiger partial charge in [-0.15, -0.1) is 0 Å². The van der Waals surface area contributed by atoms with Crippen LogP contribution in [0.2, 0.25) is 0 Å². The molecule has 0 unspecified atom stereocenters. The molecule has 30 heavy (non-hydrogen) atoms. The van der Waals surface area contributed by atoms with Crippen LogP contribution in [0, 0.1) is 6.92 Å². The maximum atomic E-state index is 12.5. The second kappa shape index (κ2) is 7.98. The molecule has 0 radical (unpaired) electrons. The largest absolute Gasteiger partial charge is 0.496 e. The molecular formula is C22H21NO7. The van der Waals surface area contributed by atoms with Gasteiger partial charge in [0, 0.05) is 18.7 Å². The van der Waals surface area contributed by atoms with E-state index < -0.39 is 5.63 Å². The monoisotopic (exact) mass is 411 g/mol. The SMILES string of the molecule is COc1cc(OC)c2c(C)c(CC(=O)NCc3ccc4c(c3)OCO4)c(=O)oc2c1. The van der Waals surface area contributed by atoms with Crippen molar-refractivity contribution < 1.29 is 28.2 Å². The van der Waals surface area contributed by atoms with Crippen LogP contribution in [0.4, 0.5) is 0 Å². The molecule has 0 aliphatic carbocycles. The number of carbonyl (C=O) groups is 1. The first-order valence-corrected chi connectivity index (χ1v) is 9.33. The van der Waals surface area contributed by atoms with Gasteiger partial charge in [-0.3, -0.25) is 4.79 Å². The van der Waals surface area contributed by atoms with E-state index in [9.17, 15) is 9.59 Å². The number of nitrogens with one attached hydrogen (secondary N) is 1. The minimum absolute atomic E-state index is 0.107. The van der Waals surface area contributed by atoms with Gasteiger partial charge in [0.25, 0.3) is 0 Å². The van der Waals surface area contributed by atoms with Gasteiger partial charge in [-0.1, -0.05) is 6.07 Å². The standard InChI is InChI=1S/C22H21NO7/c1-12-15(22(25)30-19-8-14(26-2)7-18(27-3)21(12)19)9-20(24)23-10-13-4-5-16-17(6-13)29-11-28-16/h4-8H,9-11H2,1-3H3,(H,23,24). The molecule has 3 aromatic rings. The normalized spacial score (nSPS) is 12.1. The lowest BCUT2D eigenvalue weighted by Gasteiger charge is -2.13. The number of benzene rings is 2. The third-order valence-corrected chi connectivity index (χ3v) is 5.04. The fraction of sp³-hybridized carbons (Fsp3) is 0.273. The van der Waals surface area contributed by atoms with E-state index in [0.717, 1.165) is 5.56 Å². The summed E-state index contributed by atoms with van der Waals surface area (Å²) >= 11 is 0. The van der Waals surface area contributed by atoms with E-state index in [-0.39, 0.29) is 24.7 Å². The molecule has 2 aromatic carbocycles. The maximum absolute atomic E-state index is 12.5. The van der Waals surface area contributed by atoms with E-state index in [4.69, 9.17) is 23.4 Å². The predicted octanol–water partition coefficient (Wildman–Crippen LogP) is 2.71. The fourth-order valence-corrected chi connectivity index (χ4v) is 3.44. The average molecular weight is 411 g/mol. The van der Waals surface area contributed by atoms with Crippen molar-refractivity contribution in [1.29, 1.82) is 0 Å². The number of amides is 1. The minimum Gasteiger partial charge on any atom is -0.496 e. The number of rotatable bonds is 6. The number of fused-ring (bicyclic) bond motifs is 2. The average Bonchev–Trinajstić information content (AvgIpc) is 3.22. The second-order valence-electron chi connectivity index (χ2n) is 6.84. The number of carbonyl (C=O) groups excluding carboxylic acids is 1. The Hall–Kier alpha value is -3.68. The molecule has 1 aliphatic heterocycles. The van der Waals surface area contributed by atoms with Gasteiger partial charge in [0.2, 0.25) is 12.7 Å². The molecule has 4 rings (SSSR count). The Morgan fingerprint density at radius 2 is 1.90 bits per heavy atom. The molecule has 1 N–H and O–H groups in total. The van der Waals surface area contributed by atoms with E-state index in [1.807, 2.05) is 12.1 Å². The van der Waals surface area contributed by atoms with Crippen molar-refractivity contribution in [3.63, 3.8) is 0 Å². The Morgan fingerprint density at radius 3 is 2.67 bits per heavy atom. The third-order valence-electron chi connectivity index (χ3n) is 5.04. The molecular weight excluding hydrogens is 390 g/mol. The maximum Gasteiger partial charge on any atom is 0.340 e. The second-order valence-corrected chi connectivity index (χ2v) is 6.84. The Balaban J connectivity index is 1.55. The summed E-state index contributed by atoms with van der Waals surface area (Å²) in [7, 11) is 3.04. The highest BCUT2D eigenvalue weighted by molar-refractivity contribution is 5.90. The molecule has 2 heterocycles. The fourth-order valence-electron chi connectivity index (χ4n) is 3.44. The van der Waals surface area contributed by atoms with Crippen molar-refractivity contribution in [2.75, 3.05) is 21.0 Å². The van der Waals surface area contributed by atoms with Gasteiger partial charge in [0.05, 0.1) is 31.6 Å². The first-order valence-electron chi connectivity index (χ1n) is 9.33. The molecule has 8 nitrogen and oxygen atoms in total. The first kappa shape index (κ1) is 19.6. The van der Waals surface area contributed by atoms with Crippen molar-refractivity contribution in [3.05, 3.63) is 57.4 Å². The van der Waals surface area contributed by atoms with Crippen LogP contribution in [0.5, 0.6) is 23.0 Å². The van der Waals surface area contributed by atoms with Crippen LogP contribution in [0.3, 0.4) is 0 Å². The van der Waals surface area contributed by atoms with Gasteiger partial charge in [-0.2, -0.15) is 0 Å². The summed E-state index contributed by atoms with van der Waals surface area (Å²) in [5, 5.41) is 3.46. The minimum atomic E-state index is -0.562. The van der Waals surface area contributed by atoms with Crippen LogP contribution in [-0.2, 0) is 17.8 Å². The number of aryl methyl sites for hydroxylation is 1. The topological polar surface area (TPSA) is 96.2 Å². The molecule has 1 aromatic heterocycles. The molecule has 0 atom stereocenters. The van der Waals surface area contributed by atoms with Crippen molar-refractivity contribution in [2.45, 2.75) is 19.9 Å². The number of hydrogen-bond donors (Lipinski definition) is 1. The number of hydrogen-bond acceptors (Lipinski definition) is 7. The molecule has 1 amide bonds. The summed E-state index contributed by atoms with van der Waals surface area (Å²) < 4.78 is 26.7. The lowest BCUT2D eigenvalue weighted by atomic mass is 10.0. The molecule has 0 fully saturated rings. The van der Waals surface area contributed by atoms with Crippen LogP contribution >= 0.6 is 0 Å². The summed E-state index contributed by atoms with van der Waals surface area (Å²) in [6, 6.07) is 8.79. The van der Waals surface area contributed by atoms with Crippen molar-refractivity contribution in [3.8, 4) is 23.0 Å². The van der Waals surface area contributed by atoms with Crippen LogP contribution in [-0.4, -0.2) is 26.9 Å². The van der Waals surface area contributed by atoms with Crippen LogP contribution in [0.15, 0.2) is 39.5 Å². The summed E-state index contributed by atoms with van der Waals surface area (Å²) in [5.74, 6) is 2.05. The molecule has 1 aliphatic rings. The molecule has 0 saturated carbocycles. The number of methoxy groups -OCH3 is 2. The van der Waals surface area contributed by atoms with Crippen LogP contribution < -0.4 is 29.9 Å². The number of ether oxygens (including phenoxy) is 4. The molecule has 0 spiro atoms. The van der Waals surface area contributed by atoms with Gasteiger partial charge in [-0.05, 0) is 30.2 Å². The first-order chi connectivity index (χ1) is 14.5.